The van der Waals surface area contributed by atoms with Gasteiger partial charge in [0.2, 0.25) is 0 Å². The lowest BCUT2D eigenvalue weighted by molar-refractivity contribution is 0.332. The molecule has 0 aliphatic carbocycles. The molecule has 1 aromatic rings. The van der Waals surface area contributed by atoms with Gasteiger partial charge in [0.25, 0.3) is 0 Å². The summed E-state index contributed by atoms with van der Waals surface area (Å²) in [6.45, 7) is 3.16. The lowest BCUT2D eigenvalue weighted by atomic mass is 10.2. The number of halogens is 2. The van der Waals surface area contributed by atoms with Crippen molar-refractivity contribution in [2.75, 3.05) is 13.1 Å². The van der Waals surface area contributed by atoms with E-state index >= 15 is 0 Å². The lowest BCUT2D eigenvalue weighted by Crippen LogP contribution is -2.20. The summed E-state index contributed by atoms with van der Waals surface area (Å²) >= 11 is 9.53. The van der Waals surface area contributed by atoms with Gasteiger partial charge < -0.3 is 0 Å². The Morgan fingerprint density at radius 3 is 3.00 bits per heavy atom. The molecular weight excluding hydrogens is 261 g/mol. The predicted molar refractivity (Wildman–Crippen MR) is 63.7 cm³/mol. The SMILES string of the molecule is ClC1CCN(Cc2cccc(Br)c2)C1. The van der Waals surface area contributed by atoms with Crippen LogP contribution in [-0.2, 0) is 6.54 Å². The monoisotopic (exact) mass is 273 g/mol. The molecule has 1 aliphatic rings. The molecular formula is C11H13BrClN. The number of nitrogens with zero attached hydrogens (tertiary/aromatic N) is 1. The van der Waals surface area contributed by atoms with E-state index in [2.05, 4.69) is 45.1 Å². The molecule has 14 heavy (non-hydrogen) atoms. The molecule has 0 radical (unpaired) electrons. The first kappa shape index (κ1) is 10.5. The number of alkyl halides is 1. The Morgan fingerprint density at radius 1 is 1.50 bits per heavy atom. The van der Waals surface area contributed by atoms with Crippen molar-refractivity contribution < 1.29 is 0 Å². The van der Waals surface area contributed by atoms with E-state index in [9.17, 15) is 0 Å². The van der Waals surface area contributed by atoms with Gasteiger partial charge in [0.05, 0.1) is 0 Å². The predicted octanol–water partition coefficient (Wildman–Crippen LogP) is 3.26. The first-order valence-electron chi connectivity index (χ1n) is 4.85. The van der Waals surface area contributed by atoms with Crippen molar-refractivity contribution in [3.63, 3.8) is 0 Å². The lowest BCUT2D eigenvalue weighted by Gasteiger charge is -2.14. The fraction of sp³-hybridized carbons (Fsp3) is 0.455. The van der Waals surface area contributed by atoms with Crippen LogP contribution in [0.25, 0.3) is 0 Å². The van der Waals surface area contributed by atoms with Crippen LogP contribution in [0, 0.1) is 0 Å². The fourth-order valence-corrected chi connectivity index (χ4v) is 2.56. The van der Waals surface area contributed by atoms with Crippen molar-refractivity contribution in [3.8, 4) is 0 Å². The summed E-state index contributed by atoms with van der Waals surface area (Å²) in [5.74, 6) is 0. The van der Waals surface area contributed by atoms with Gasteiger partial charge in [-0.1, -0.05) is 28.1 Å². The molecule has 0 N–H and O–H groups in total. The zero-order chi connectivity index (χ0) is 9.97. The molecule has 1 fully saturated rings. The minimum Gasteiger partial charge on any atom is -0.298 e. The minimum atomic E-state index is 0.349. The molecule has 0 bridgehead atoms. The molecule has 1 heterocycles. The minimum absolute atomic E-state index is 0.349. The summed E-state index contributed by atoms with van der Waals surface area (Å²) < 4.78 is 1.15. The second kappa shape index (κ2) is 4.65. The van der Waals surface area contributed by atoms with Crippen molar-refractivity contribution >= 4 is 27.5 Å². The van der Waals surface area contributed by atoms with E-state index in [0.29, 0.717) is 5.38 Å². The number of benzene rings is 1. The molecule has 0 aromatic heterocycles. The average Bonchev–Trinajstić information content (AvgIpc) is 2.51. The number of likely N-dealkylation sites (tertiary alicyclic amines) is 1. The summed E-state index contributed by atoms with van der Waals surface area (Å²) in [6, 6.07) is 8.46. The summed E-state index contributed by atoms with van der Waals surface area (Å²) in [5, 5.41) is 0.349. The van der Waals surface area contributed by atoms with Crippen molar-refractivity contribution in [2.45, 2.75) is 18.3 Å². The van der Waals surface area contributed by atoms with Crippen LogP contribution >= 0.6 is 27.5 Å². The second-order valence-electron chi connectivity index (χ2n) is 3.75. The third-order valence-corrected chi connectivity index (χ3v) is 3.36. The second-order valence-corrected chi connectivity index (χ2v) is 5.28. The van der Waals surface area contributed by atoms with Crippen LogP contribution in [0.1, 0.15) is 12.0 Å². The highest BCUT2D eigenvalue weighted by molar-refractivity contribution is 9.10. The van der Waals surface area contributed by atoms with E-state index in [4.69, 9.17) is 11.6 Å². The maximum absolute atomic E-state index is 6.05. The van der Waals surface area contributed by atoms with Crippen LogP contribution in [0.3, 0.4) is 0 Å². The van der Waals surface area contributed by atoms with Gasteiger partial charge in [-0.05, 0) is 30.7 Å². The van der Waals surface area contributed by atoms with E-state index in [1.165, 1.54) is 5.56 Å². The fourth-order valence-electron chi connectivity index (χ4n) is 1.82. The third kappa shape index (κ3) is 2.72. The van der Waals surface area contributed by atoms with Crippen LogP contribution in [-0.4, -0.2) is 23.4 Å². The Hall–Kier alpha value is -0.0500. The van der Waals surface area contributed by atoms with Crippen LogP contribution in [0.15, 0.2) is 28.7 Å². The summed E-state index contributed by atoms with van der Waals surface area (Å²) in [6.07, 6.45) is 1.12. The Kier molecular flexibility index (Phi) is 3.47. The molecule has 1 nitrogen and oxygen atoms in total. The topological polar surface area (TPSA) is 3.24 Å². The highest BCUT2D eigenvalue weighted by Gasteiger charge is 2.19. The van der Waals surface area contributed by atoms with Crippen molar-refractivity contribution in [2.24, 2.45) is 0 Å². The van der Waals surface area contributed by atoms with E-state index in [-0.39, 0.29) is 0 Å². The largest absolute Gasteiger partial charge is 0.298 e. The third-order valence-electron chi connectivity index (χ3n) is 2.51. The van der Waals surface area contributed by atoms with Gasteiger partial charge in [0, 0.05) is 22.9 Å². The molecule has 0 saturated carbocycles. The van der Waals surface area contributed by atoms with E-state index < -0.39 is 0 Å². The molecule has 1 saturated heterocycles. The first-order chi connectivity index (χ1) is 6.74. The van der Waals surface area contributed by atoms with Gasteiger partial charge in [0.1, 0.15) is 0 Å². The van der Waals surface area contributed by atoms with Crippen LogP contribution in [0.2, 0.25) is 0 Å². The van der Waals surface area contributed by atoms with E-state index in [0.717, 1.165) is 30.5 Å². The number of hydrogen-bond donors (Lipinski definition) is 0. The van der Waals surface area contributed by atoms with Crippen molar-refractivity contribution in [1.82, 2.24) is 4.90 Å². The average molecular weight is 275 g/mol. The molecule has 76 valence electrons. The summed E-state index contributed by atoms with van der Waals surface area (Å²) in [4.78, 5) is 2.40. The molecule has 0 amide bonds. The molecule has 3 heteroatoms. The zero-order valence-corrected chi connectivity index (χ0v) is 10.3. The van der Waals surface area contributed by atoms with E-state index in [1.807, 2.05) is 0 Å². The standard InChI is InChI=1S/C11H13BrClN/c12-10-3-1-2-9(6-10)7-14-5-4-11(13)8-14/h1-3,6,11H,4-5,7-8H2. The zero-order valence-electron chi connectivity index (χ0n) is 7.92. The Bertz CT molecular complexity index is 316. The van der Waals surface area contributed by atoms with Crippen molar-refractivity contribution in [3.05, 3.63) is 34.3 Å². The molecule has 2 rings (SSSR count). The normalized spacial score (nSPS) is 22.9. The highest BCUT2D eigenvalue weighted by atomic mass is 79.9. The van der Waals surface area contributed by atoms with Gasteiger partial charge in [-0.2, -0.15) is 0 Å². The molecule has 0 spiro atoms. The van der Waals surface area contributed by atoms with Crippen LogP contribution in [0.5, 0.6) is 0 Å². The molecule has 1 aliphatic heterocycles. The van der Waals surface area contributed by atoms with Gasteiger partial charge in [-0.15, -0.1) is 11.6 Å². The summed E-state index contributed by atoms with van der Waals surface area (Å²) in [7, 11) is 0. The maximum atomic E-state index is 6.05. The highest BCUT2D eigenvalue weighted by Crippen LogP contribution is 2.19. The Morgan fingerprint density at radius 2 is 2.36 bits per heavy atom. The van der Waals surface area contributed by atoms with Crippen molar-refractivity contribution in [1.29, 1.82) is 0 Å². The molecule has 1 unspecified atom stereocenters. The van der Waals surface area contributed by atoms with Gasteiger partial charge in [0.15, 0.2) is 0 Å². The van der Waals surface area contributed by atoms with Gasteiger partial charge >= 0.3 is 0 Å². The smallest absolute Gasteiger partial charge is 0.0475 e. The Labute approximate surface area is 98.2 Å². The summed E-state index contributed by atoms with van der Waals surface area (Å²) in [5.41, 5.74) is 1.35. The number of hydrogen-bond acceptors (Lipinski definition) is 1. The molecule has 1 aromatic carbocycles. The van der Waals surface area contributed by atoms with Crippen LogP contribution in [0.4, 0.5) is 0 Å². The Balaban J connectivity index is 1.97. The molecule has 1 atom stereocenters. The quantitative estimate of drug-likeness (QED) is 0.748. The maximum Gasteiger partial charge on any atom is 0.0475 e. The van der Waals surface area contributed by atoms with Crippen LogP contribution < -0.4 is 0 Å². The van der Waals surface area contributed by atoms with Gasteiger partial charge in [-0.25, -0.2) is 0 Å². The van der Waals surface area contributed by atoms with Gasteiger partial charge in [-0.3, -0.25) is 4.90 Å². The first-order valence-corrected chi connectivity index (χ1v) is 6.08. The van der Waals surface area contributed by atoms with E-state index in [1.54, 1.807) is 0 Å². The number of rotatable bonds is 2.